The van der Waals surface area contributed by atoms with Crippen molar-refractivity contribution in [1.82, 2.24) is 4.57 Å². The first-order chi connectivity index (χ1) is 14.0. The molecule has 2 atom stereocenters. The van der Waals surface area contributed by atoms with Crippen molar-refractivity contribution in [2.24, 2.45) is 7.05 Å². The number of aliphatic hydroxyl groups is 1. The summed E-state index contributed by atoms with van der Waals surface area (Å²) >= 11 is 12.4. The van der Waals surface area contributed by atoms with E-state index in [4.69, 9.17) is 27.9 Å². The lowest BCUT2D eigenvalue weighted by atomic mass is 9.78. The Morgan fingerprint density at radius 2 is 1.71 bits per heavy atom. The molecule has 1 aromatic carbocycles. The second-order valence-electron chi connectivity index (χ2n) is 7.55. The smallest absolute Gasteiger partial charge is 0.422 e. The van der Waals surface area contributed by atoms with Gasteiger partial charge in [0.05, 0.1) is 5.02 Å². The Morgan fingerprint density at radius 1 is 1.13 bits per heavy atom. The Bertz CT molecular complexity index is 1070. The van der Waals surface area contributed by atoms with Crippen LogP contribution in [0.2, 0.25) is 10.0 Å². The highest BCUT2D eigenvalue weighted by Crippen LogP contribution is 2.51. The fraction of sp³-hybridized carbons (Fsp3) is 0.400. The van der Waals surface area contributed by atoms with Crippen LogP contribution >= 0.6 is 23.2 Å². The van der Waals surface area contributed by atoms with Crippen LogP contribution in [0.3, 0.4) is 0 Å². The molecule has 11 heteroatoms. The van der Waals surface area contributed by atoms with Crippen LogP contribution in [0.25, 0.3) is 0 Å². The highest BCUT2D eigenvalue weighted by atomic mass is 35.5. The van der Waals surface area contributed by atoms with Crippen molar-refractivity contribution in [3.05, 3.63) is 62.0 Å². The summed E-state index contributed by atoms with van der Waals surface area (Å²) in [6.45, 7) is 3.63. The van der Waals surface area contributed by atoms with E-state index in [9.17, 15) is 33.0 Å². The Labute approximate surface area is 185 Å². The molecule has 1 aromatic heterocycles. The van der Waals surface area contributed by atoms with Crippen molar-refractivity contribution in [1.29, 1.82) is 0 Å². The second-order valence-corrected chi connectivity index (χ2v) is 8.31. The molecule has 31 heavy (non-hydrogen) atoms. The zero-order valence-corrected chi connectivity index (χ0v) is 18.4. The highest BCUT2D eigenvalue weighted by molar-refractivity contribution is 6.43. The number of halogens is 5. The van der Waals surface area contributed by atoms with E-state index >= 15 is 0 Å². The van der Waals surface area contributed by atoms with Crippen LogP contribution in [0.4, 0.5) is 13.2 Å². The Morgan fingerprint density at radius 3 is 2.19 bits per heavy atom. The summed E-state index contributed by atoms with van der Waals surface area (Å²) in [5.74, 6) is -3.09. The summed E-state index contributed by atoms with van der Waals surface area (Å²) in [5, 5.41) is 19.4. The van der Waals surface area contributed by atoms with Gasteiger partial charge in [-0.1, -0.05) is 36.2 Å². The van der Waals surface area contributed by atoms with Crippen LogP contribution in [0.5, 0.6) is 5.75 Å². The van der Waals surface area contributed by atoms with E-state index in [2.05, 4.69) is 0 Å². The first-order valence-corrected chi connectivity index (χ1v) is 9.66. The minimum absolute atomic E-state index is 0.146. The Kier molecular flexibility index (Phi) is 6.76. The molecule has 0 spiro atoms. The molecule has 0 aliphatic heterocycles. The molecule has 2 N–H and O–H groups in total. The van der Waals surface area contributed by atoms with Crippen LogP contribution in [0.15, 0.2) is 35.3 Å². The van der Waals surface area contributed by atoms with E-state index < -0.39 is 40.4 Å². The number of nitrogens with zero attached hydrogens (tertiary/aromatic N) is 1. The summed E-state index contributed by atoms with van der Waals surface area (Å²) in [7, 11) is 1.26. The Hall–Kier alpha value is -2.23. The molecule has 0 saturated heterocycles. The quantitative estimate of drug-likeness (QED) is 0.634. The van der Waals surface area contributed by atoms with Gasteiger partial charge < -0.3 is 19.5 Å². The lowest BCUT2D eigenvalue weighted by molar-refractivity contribution is -0.274. The molecular formula is C20H20Cl2F3NO5. The van der Waals surface area contributed by atoms with Gasteiger partial charge in [-0.2, -0.15) is 13.2 Å². The summed E-state index contributed by atoms with van der Waals surface area (Å²) in [4.78, 5) is 22.9. The fourth-order valence-electron chi connectivity index (χ4n) is 2.98. The number of aliphatic carboxylic acids is 1. The Balaban J connectivity index is 2.62. The molecule has 1 heterocycles. The number of aryl methyl sites for hydroxylation is 1. The molecule has 0 amide bonds. The lowest BCUT2D eigenvalue weighted by Crippen LogP contribution is -2.47. The van der Waals surface area contributed by atoms with E-state index in [0.717, 1.165) is 29.8 Å². The normalized spacial score (nSPS) is 15.3. The van der Waals surface area contributed by atoms with E-state index in [1.165, 1.54) is 33.0 Å². The molecule has 2 rings (SSSR count). The fourth-order valence-corrected chi connectivity index (χ4v) is 3.51. The van der Waals surface area contributed by atoms with Crippen molar-refractivity contribution in [2.45, 2.75) is 44.1 Å². The zero-order valence-electron chi connectivity index (χ0n) is 16.9. The van der Waals surface area contributed by atoms with Gasteiger partial charge in [0.15, 0.2) is 11.2 Å². The molecule has 0 aliphatic carbocycles. The lowest BCUT2D eigenvalue weighted by Gasteiger charge is -2.37. The van der Waals surface area contributed by atoms with Crippen LogP contribution in [0, 0.1) is 0 Å². The number of carboxylic acid groups (broad SMARTS) is 1. The maximum absolute atomic E-state index is 14.1. The van der Waals surface area contributed by atoms with Crippen LogP contribution < -0.4 is 10.3 Å². The number of aromatic nitrogens is 1. The predicted molar refractivity (Wildman–Crippen MR) is 109 cm³/mol. The summed E-state index contributed by atoms with van der Waals surface area (Å²) < 4.78 is 48.5. The van der Waals surface area contributed by atoms with Gasteiger partial charge in [-0.15, -0.1) is 0 Å². The maximum atomic E-state index is 14.1. The number of alkyl halides is 3. The SMILES string of the molecule is CC(c1ccc(OC(C)(C)C(=O)O)c(Cl)c1Cl)C(O)(c1ccc(=O)n(C)c1)C(F)(F)F. The summed E-state index contributed by atoms with van der Waals surface area (Å²) in [6, 6.07) is 4.17. The van der Waals surface area contributed by atoms with Crippen molar-refractivity contribution in [2.75, 3.05) is 0 Å². The molecular weight excluding hydrogens is 462 g/mol. The number of carboxylic acids is 1. The molecule has 0 saturated carbocycles. The van der Waals surface area contributed by atoms with Gasteiger partial charge in [-0.05, 0) is 31.5 Å². The van der Waals surface area contributed by atoms with Gasteiger partial charge in [0.1, 0.15) is 10.8 Å². The first-order valence-electron chi connectivity index (χ1n) is 8.90. The minimum Gasteiger partial charge on any atom is -0.478 e. The second kappa shape index (κ2) is 8.37. The zero-order chi connectivity index (χ0) is 23.9. The van der Waals surface area contributed by atoms with Gasteiger partial charge in [0.25, 0.3) is 0 Å². The third kappa shape index (κ3) is 4.53. The summed E-state index contributed by atoms with van der Waals surface area (Å²) in [6.07, 6.45) is -4.24. The molecule has 0 bridgehead atoms. The molecule has 0 radical (unpaired) electrons. The summed E-state index contributed by atoms with van der Waals surface area (Å²) in [5.41, 5.74) is -6.35. The van der Waals surface area contributed by atoms with Crippen LogP contribution in [-0.2, 0) is 17.4 Å². The number of hydrogen-bond acceptors (Lipinski definition) is 4. The number of pyridine rings is 1. The number of carbonyl (C=O) groups is 1. The average Bonchev–Trinajstić information content (AvgIpc) is 2.65. The molecule has 170 valence electrons. The maximum Gasteiger partial charge on any atom is 0.422 e. The molecule has 0 fully saturated rings. The van der Waals surface area contributed by atoms with Gasteiger partial charge >= 0.3 is 12.1 Å². The number of rotatable bonds is 6. The third-order valence-corrected chi connectivity index (χ3v) is 5.89. The van der Waals surface area contributed by atoms with Gasteiger partial charge in [0.2, 0.25) is 5.56 Å². The van der Waals surface area contributed by atoms with Crippen molar-refractivity contribution in [3.8, 4) is 5.75 Å². The molecule has 2 aromatic rings. The van der Waals surface area contributed by atoms with Gasteiger partial charge in [-0.25, -0.2) is 4.79 Å². The van der Waals surface area contributed by atoms with Gasteiger partial charge in [0, 0.05) is 30.8 Å². The largest absolute Gasteiger partial charge is 0.478 e. The van der Waals surface area contributed by atoms with E-state index in [0.29, 0.717) is 0 Å². The highest BCUT2D eigenvalue weighted by Gasteiger charge is 2.59. The molecule has 6 nitrogen and oxygen atoms in total. The van der Waals surface area contributed by atoms with Crippen LogP contribution in [-0.4, -0.2) is 32.5 Å². The van der Waals surface area contributed by atoms with Crippen molar-refractivity contribution in [3.63, 3.8) is 0 Å². The van der Waals surface area contributed by atoms with E-state index in [1.54, 1.807) is 0 Å². The van der Waals surface area contributed by atoms with Crippen molar-refractivity contribution >= 4 is 29.2 Å². The van der Waals surface area contributed by atoms with Crippen LogP contribution in [0.1, 0.15) is 37.8 Å². The monoisotopic (exact) mass is 481 g/mol. The number of hydrogen-bond donors (Lipinski definition) is 2. The van der Waals surface area contributed by atoms with Crippen molar-refractivity contribution < 1.29 is 32.9 Å². The standard InChI is InChI=1S/C20H20Cl2F3NO5/c1-10(19(30,20(23,24)25)11-5-8-14(27)26(4)9-11)12-6-7-13(16(22)15(12)21)31-18(2,3)17(28)29/h5-10,30H,1-4H3,(H,28,29). The predicted octanol–water partition coefficient (Wildman–Crippen LogP) is 4.49. The van der Waals surface area contributed by atoms with Gasteiger partial charge in [-0.3, -0.25) is 4.79 Å². The van der Waals surface area contributed by atoms with E-state index in [1.807, 2.05) is 0 Å². The molecule has 2 unspecified atom stereocenters. The van der Waals surface area contributed by atoms with E-state index in [-0.39, 0.29) is 21.4 Å². The number of benzene rings is 1. The number of ether oxygens (including phenoxy) is 1. The minimum atomic E-state index is -5.14. The first kappa shape index (κ1) is 25.0. The topological polar surface area (TPSA) is 88.8 Å². The third-order valence-electron chi connectivity index (χ3n) is 5.01. The molecule has 0 aliphatic rings. The average molecular weight is 482 g/mol.